The van der Waals surface area contributed by atoms with Gasteiger partial charge in [0.15, 0.2) is 5.78 Å². The minimum absolute atomic E-state index is 0.0400. The van der Waals surface area contributed by atoms with Crippen LogP contribution in [0.25, 0.3) is 11.0 Å². The number of benzene rings is 1. The van der Waals surface area contributed by atoms with E-state index in [9.17, 15) is 14.4 Å². The van der Waals surface area contributed by atoms with Crippen molar-refractivity contribution in [2.45, 2.75) is 6.42 Å². The summed E-state index contributed by atoms with van der Waals surface area (Å²) >= 11 is 0. The number of H-pyrrole nitrogens is 2. The maximum Gasteiger partial charge on any atom is 0.323 e. The van der Waals surface area contributed by atoms with Gasteiger partial charge < -0.3 is 14.9 Å². The normalized spacial score (nSPS) is 16.1. The summed E-state index contributed by atoms with van der Waals surface area (Å²) in [7, 11) is 0. The molecule has 0 atom stereocenters. The van der Waals surface area contributed by atoms with Crippen LogP contribution in [-0.4, -0.2) is 28.2 Å². The van der Waals surface area contributed by atoms with E-state index in [0.717, 1.165) is 0 Å². The molecule has 86 valence electrons. The molecule has 2 aromatic rings. The van der Waals surface area contributed by atoms with Gasteiger partial charge in [-0.25, -0.2) is 4.79 Å². The molecule has 2 heterocycles. The van der Waals surface area contributed by atoms with E-state index in [4.69, 9.17) is 0 Å². The van der Waals surface area contributed by atoms with Crippen LogP contribution in [0.5, 0.6) is 0 Å². The molecule has 0 bridgehead atoms. The van der Waals surface area contributed by atoms with E-state index in [0.29, 0.717) is 16.7 Å². The summed E-state index contributed by atoms with van der Waals surface area (Å²) in [6, 6.07) is 5.10. The van der Waals surface area contributed by atoms with Crippen molar-refractivity contribution >= 4 is 28.4 Å². The summed E-state index contributed by atoms with van der Waals surface area (Å²) in [6.07, 6.45) is -0.0400. The van der Waals surface area contributed by atoms with Gasteiger partial charge in [0.2, 0.25) is 5.91 Å². The Kier molecular flexibility index (Phi) is 1.91. The zero-order chi connectivity index (χ0) is 12.0. The third-order valence-corrected chi connectivity index (χ3v) is 2.80. The third kappa shape index (κ3) is 1.54. The zero-order valence-electron chi connectivity index (χ0n) is 8.82. The molecule has 1 aromatic heterocycles. The highest BCUT2D eigenvalue weighted by molar-refractivity contribution is 6.15. The third-order valence-electron chi connectivity index (χ3n) is 2.80. The number of aromatic nitrogens is 2. The second kappa shape index (κ2) is 3.31. The zero-order valence-corrected chi connectivity index (χ0v) is 8.82. The van der Waals surface area contributed by atoms with Gasteiger partial charge in [-0.2, -0.15) is 0 Å². The van der Waals surface area contributed by atoms with Crippen LogP contribution in [0.3, 0.4) is 0 Å². The molecule has 3 rings (SSSR count). The molecule has 0 saturated carbocycles. The minimum atomic E-state index is -0.291. The molecule has 6 nitrogen and oxygen atoms in total. The molecular weight excluding hydrogens is 222 g/mol. The van der Waals surface area contributed by atoms with Crippen LogP contribution >= 0.6 is 0 Å². The van der Waals surface area contributed by atoms with Crippen molar-refractivity contribution in [3.05, 3.63) is 28.7 Å². The van der Waals surface area contributed by atoms with Crippen LogP contribution < -0.4 is 10.6 Å². The predicted octanol–water partition coefficient (Wildman–Crippen LogP) is 0.162. The lowest BCUT2D eigenvalue weighted by molar-refractivity contribution is -0.121. The van der Waals surface area contributed by atoms with Crippen LogP contribution in [0.2, 0.25) is 0 Å². The molecule has 1 aromatic carbocycles. The molecule has 17 heavy (non-hydrogen) atoms. The molecular formula is C11H9N3O3. The fourth-order valence-corrected chi connectivity index (χ4v) is 2.01. The number of hydrogen-bond donors (Lipinski definition) is 2. The number of carbonyl (C=O) groups excluding carboxylic acids is 2. The van der Waals surface area contributed by atoms with Gasteiger partial charge in [0, 0.05) is 5.69 Å². The van der Waals surface area contributed by atoms with Gasteiger partial charge in [0.05, 0.1) is 24.0 Å². The number of hydrogen-bond acceptors (Lipinski definition) is 3. The first-order chi connectivity index (χ1) is 8.13. The van der Waals surface area contributed by atoms with Crippen molar-refractivity contribution in [3.63, 3.8) is 0 Å². The molecule has 2 N–H and O–H groups in total. The smallest absolute Gasteiger partial charge is 0.306 e. The van der Waals surface area contributed by atoms with Crippen molar-refractivity contribution < 1.29 is 9.59 Å². The van der Waals surface area contributed by atoms with Crippen LogP contribution in [-0.2, 0) is 9.59 Å². The predicted molar refractivity (Wildman–Crippen MR) is 60.9 cm³/mol. The largest absolute Gasteiger partial charge is 0.323 e. The number of imidazole rings is 1. The lowest BCUT2D eigenvalue weighted by Gasteiger charge is -2.14. The van der Waals surface area contributed by atoms with Crippen molar-refractivity contribution in [2.24, 2.45) is 0 Å². The Hall–Kier alpha value is -2.37. The topological polar surface area (TPSA) is 86.0 Å². The highest BCUT2D eigenvalue weighted by Gasteiger charge is 2.28. The monoisotopic (exact) mass is 231 g/mol. The van der Waals surface area contributed by atoms with Gasteiger partial charge in [0.1, 0.15) is 0 Å². The number of carbonyl (C=O) groups is 2. The van der Waals surface area contributed by atoms with E-state index in [1.165, 1.54) is 4.90 Å². The summed E-state index contributed by atoms with van der Waals surface area (Å²) in [5.41, 5.74) is 1.64. The fraction of sp³-hybridized carbons (Fsp3) is 0.182. The lowest BCUT2D eigenvalue weighted by atomic mass is 10.2. The molecule has 1 aliphatic rings. The lowest BCUT2D eigenvalue weighted by Crippen LogP contribution is -2.24. The summed E-state index contributed by atoms with van der Waals surface area (Å²) in [5.74, 6) is -0.287. The molecule has 6 heteroatoms. The van der Waals surface area contributed by atoms with E-state index < -0.39 is 0 Å². The van der Waals surface area contributed by atoms with Crippen LogP contribution in [0, 0.1) is 0 Å². The van der Waals surface area contributed by atoms with Crippen molar-refractivity contribution in [2.75, 3.05) is 11.4 Å². The SMILES string of the molecule is O=C1CC(=O)N(c2ccc3[nH]c(=O)[nH]c3c2)C1. The van der Waals surface area contributed by atoms with Gasteiger partial charge in [-0.1, -0.05) is 0 Å². The van der Waals surface area contributed by atoms with Crippen molar-refractivity contribution in [1.29, 1.82) is 0 Å². The Morgan fingerprint density at radius 3 is 2.53 bits per heavy atom. The first kappa shape index (κ1) is 9.83. The number of rotatable bonds is 1. The summed E-state index contributed by atoms with van der Waals surface area (Å²) in [6.45, 7) is 0.110. The molecule has 0 unspecified atom stereocenters. The van der Waals surface area contributed by atoms with E-state index in [2.05, 4.69) is 9.97 Å². The molecule has 1 fully saturated rings. The molecule has 0 spiro atoms. The maximum absolute atomic E-state index is 11.6. The second-order valence-electron chi connectivity index (χ2n) is 4.00. The number of fused-ring (bicyclic) bond motifs is 1. The Balaban J connectivity index is 2.08. The average molecular weight is 231 g/mol. The standard InChI is InChI=1S/C11H9N3O3/c15-7-4-10(16)14(5-7)6-1-2-8-9(3-6)13-11(17)12-8/h1-3H,4-5H2,(H2,12,13,17). The van der Waals surface area contributed by atoms with E-state index >= 15 is 0 Å². The number of ketones is 1. The van der Waals surface area contributed by atoms with Gasteiger partial charge in [0.25, 0.3) is 0 Å². The maximum atomic E-state index is 11.6. The Labute approximate surface area is 95.2 Å². The molecule has 0 radical (unpaired) electrons. The van der Waals surface area contributed by atoms with Crippen LogP contribution in [0.15, 0.2) is 23.0 Å². The van der Waals surface area contributed by atoms with Gasteiger partial charge in [-0.3, -0.25) is 9.59 Å². The van der Waals surface area contributed by atoms with E-state index in [1.54, 1.807) is 18.2 Å². The number of aromatic amines is 2. The number of nitrogens with one attached hydrogen (secondary N) is 2. The van der Waals surface area contributed by atoms with Crippen molar-refractivity contribution in [1.82, 2.24) is 9.97 Å². The van der Waals surface area contributed by atoms with E-state index in [-0.39, 0.29) is 30.3 Å². The van der Waals surface area contributed by atoms with Gasteiger partial charge in [-0.05, 0) is 18.2 Å². The number of nitrogens with zero attached hydrogens (tertiary/aromatic N) is 1. The highest BCUT2D eigenvalue weighted by atomic mass is 16.2. The van der Waals surface area contributed by atoms with Gasteiger partial charge in [-0.15, -0.1) is 0 Å². The number of anilines is 1. The van der Waals surface area contributed by atoms with Crippen molar-refractivity contribution in [3.8, 4) is 0 Å². The Morgan fingerprint density at radius 1 is 1.06 bits per heavy atom. The van der Waals surface area contributed by atoms with Crippen LogP contribution in [0.4, 0.5) is 5.69 Å². The molecule has 0 aliphatic carbocycles. The average Bonchev–Trinajstić information content (AvgIpc) is 2.78. The molecule has 1 aliphatic heterocycles. The number of Topliss-reactive ketones (excluding diaryl/α,β-unsaturated/α-hetero) is 1. The Morgan fingerprint density at radius 2 is 1.82 bits per heavy atom. The van der Waals surface area contributed by atoms with Gasteiger partial charge >= 0.3 is 5.69 Å². The first-order valence-corrected chi connectivity index (χ1v) is 5.17. The fourth-order valence-electron chi connectivity index (χ4n) is 2.01. The summed E-state index contributed by atoms with van der Waals surface area (Å²) in [5, 5.41) is 0. The first-order valence-electron chi connectivity index (χ1n) is 5.17. The Bertz CT molecular complexity index is 683. The quantitative estimate of drug-likeness (QED) is 0.685. The van der Waals surface area contributed by atoms with Crippen LogP contribution in [0.1, 0.15) is 6.42 Å². The minimum Gasteiger partial charge on any atom is -0.306 e. The number of amides is 1. The second-order valence-corrected chi connectivity index (χ2v) is 4.00. The summed E-state index contributed by atoms with van der Waals surface area (Å²) in [4.78, 5) is 40.5. The molecule has 1 saturated heterocycles. The summed E-state index contributed by atoms with van der Waals surface area (Å²) < 4.78 is 0. The molecule has 1 amide bonds. The van der Waals surface area contributed by atoms with E-state index in [1.807, 2.05) is 0 Å². The highest BCUT2D eigenvalue weighted by Crippen LogP contribution is 2.22.